The highest BCUT2D eigenvalue weighted by molar-refractivity contribution is 6.30. The molecule has 0 saturated heterocycles. The molecule has 2 saturated carbocycles. The average molecular weight is 254 g/mol. The summed E-state index contributed by atoms with van der Waals surface area (Å²) in [5.41, 5.74) is 0.942. The Balaban J connectivity index is 1.60. The van der Waals surface area contributed by atoms with Crippen LogP contribution in [0.2, 0.25) is 5.02 Å². The van der Waals surface area contributed by atoms with Crippen LogP contribution in [0, 0.1) is 17.7 Å². The summed E-state index contributed by atoms with van der Waals surface area (Å²) in [4.78, 5) is 0. The van der Waals surface area contributed by atoms with Gasteiger partial charge in [0.1, 0.15) is 5.82 Å². The Labute approximate surface area is 106 Å². The van der Waals surface area contributed by atoms with Crippen molar-refractivity contribution >= 4 is 11.6 Å². The van der Waals surface area contributed by atoms with Gasteiger partial charge in [0.05, 0.1) is 0 Å². The van der Waals surface area contributed by atoms with Crippen molar-refractivity contribution < 1.29 is 4.39 Å². The van der Waals surface area contributed by atoms with Crippen LogP contribution >= 0.6 is 11.6 Å². The largest absolute Gasteiger partial charge is 0.310 e. The van der Waals surface area contributed by atoms with Crippen LogP contribution in [0.3, 0.4) is 0 Å². The second kappa shape index (κ2) is 4.58. The van der Waals surface area contributed by atoms with E-state index in [1.807, 2.05) is 6.07 Å². The minimum atomic E-state index is -0.248. The zero-order chi connectivity index (χ0) is 11.8. The molecular weight excluding hydrogens is 237 g/mol. The molecule has 0 aromatic heterocycles. The van der Waals surface area contributed by atoms with Gasteiger partial charge in [-0.3, -0.25) is 0 Å². The summed E-state index contributed by atoms with van der Waals surface area (Å²) in [5.74, 6) is 1.54. The van der Waals surface area contributed by atoms with Gasteiger partial charge in [0, 0.05) is 17.6 Å². The van der Waals surface area contributed by atoms with E-state index in [9.17, 15) is 4.39 Å². The number of hydrogen-bond acceptors (Lipinski definition) is 1. The average Bonchev–Trinajstić information content (AvgIpc) is 2.86. The predicted octanol–water partition coefficient (Wildman–Crippen LogP) is 3.76. The molecular formula is C14H17ClFN. The molecule has 17 heavy (non-hydrogen) atoms. The van der Waals surface area contributed by atoms with Crippen LogP contribution in [0.15, 0.2) is 18.2 Å². The van der Waals surface area contributed by atoms with Crippen molar-refractivity contribution in [2.45, 2.75) is 38.3 Å². The van der Waals surface area contributed by atoms with Gasteiger partial charge in [0.15, 0.2) is 0 Å². The highest BCUT2D eigenvalue weighted by Crippen LogP contribution is 2.44. The second-order valence-corrected chi connectivity index (χ2v) is 5.88. The number of nitrogens with one attached hydrogen (secondary N) is 1. The van der Waals surface area contributed by atoms with Gasteiger partial charge in [-0.25, -0.2) is 4.39 Å². The normalized spacial score (nSPS) is 31.1. The minimum Gasteiger partial charge on any atom is -0.310 e. The molecule has 1 aromatic carbocycles. The molecule has 2 bridgehead atoms. The van der Waals surface area contributed by atoms with Crippen LogP contribution < -0.4 is 5.32 Å². The first kappa shape index (κ1) is 11.5. The van der Waals surface area contributed by atoms with Crippen molar-refractivity contribution in [1.82, 2.24) is 5.32 Å². The van der Waals surface area contributed by atoms with Crippen molar-refractivity contribution in [2.75, 3.05) is 0 Å². The zero-order valence-corrected chi connectivity index (χ0v) is 10.5. The molecule has 2 aliphatic rings. The van der Waals surface area contributed by atoms with E-state index in [0.29, 0.717) is 11.1 Å². The lowest BCUT2D eigenvalue weighted by atomic mass is 9.95. The van der Waals surface area contributed by atoms with Crippen LogP contribution in [0.25, 0.3) is 0 Å². The molecule has 3 heteroatoms. The SMILES string of the molecule is Fc1cc(Cl)cc(CNC2CC3CCC2C3)c1. The summed E-state index contributed by atoms with van der Waals surface area (Å²) >= 11 is 5.84. The van der Waals surface area contributed by atoms with Gasteiger partial charge in [-0.1, -0.05) is 18.0 Å². The highest BCUT2D eigenvalue weighted by atomic mass is 35.5. The lowest BCUT2D eigenvalue weighted by Crippen LogP contribution is -2.33. The Kier molecular flexibility index (Phi) is 3.10. The molecule has 1 aromatic rings. The molecule has 3 unspecified atom stereocenters. The van der Waals surface area contributed by atoms with E-state index in [2.05, 4.69) is 5.32 Å². The van der Waals surface area contributed by atoms with Gasteiger partial charge >= 0.3 is 0 Å². The van der Waals surface area contributed by atoms with Crippen molar-refractivity contribution in [3.05, 3.63) is 34.6 Å². The number of hydrogen-bond donors (Lipinski definition) is 1. The lowest BCUT2D eigenvalue weighted by Gasteiger charge is -2.23. The summed E-state index contributed by atoms with van der Waals surface area (Å²) in [6, 6.07) is 5.38. The third kappa shape index (κ3) is 2.48. The maximum Gasteiger partial charge on any atom is 0.125 e. The lowest BCUT2D eigenvalue weighted by molar-refractivity contribution is 0.350. The fourth-order valence-corrected chi connectivity index (χ4v) is 3.70. The maximum absolute atomic E-state index is 13.2. The molecule has 0 radical (unpaired) electrons. The van der Waals surface area contributed by atoms with E-state index >= 15 is 0 Å². The minimum absolute atomic E-state index is 0.248. The third-order valence-electron chi connectivity index (χ3n) is 4.23. The molecule has 2 fully saturated rings. The van der Waals surface area contributed by atoms with Crippen molar-refractivity contribution in [3.63, 3.8) is 0 Å². The van der Waals surface area contributed by atoms with Gasteiger partial charge in [-0.15, -0.1) is 0 Å². The van der Waals surface area contributed by atoms with Gasteiger partial charge in [-0.2, -0.15) is 0 Å². The van der Waals surface area contributed by atoms with Crippen LogP contribution in [-0.2, 0) is 6.54 Å². The first-order valence-electron chi connectivity index (χ1n) is 6.39. The van der Waals surface area contributed by atoms with E-state index in [4.69, 9.17) is 11.6 Å². The maximum atomic E-state index is 13.2. The smallest absolute Gasteiger partial charge is 0.125 e. The van der Waals surface area contributed by atoms with E-state index in [1.165, 1.54) is 31.7 Å². The summed E-state index contributed by atoms with van der Waals surface area (Å²) in [5, 5.41) is 4.04. The van der Waals surface area contributed by atoms with Gasteiger partial charge in [0.25, 0.3) is 0 Å². The topological polar surface area (TPSA) is 12.0 Å². The van der Waals surface area contributed by atoms with Crippen molar-refractivity contribution in [3.8, 4) is 0 Å². The molecule has 0 heterocycles. The summed E-state index contributed by atoms with van der Waals surface area (Å²) in [7, 11) is 0. The van der Waals surface area contributed by atoms with Crippen molar-refractivity contribution in [1.29, 1.82) is 0 Å². The summed E-state index contributed by atoms with van der Waals surface area (Å²) < 4.78 is 13.2. The van der Waals surface area contributed by atoms with Crippen LogP contribution in [0.1, 0.15) is 31.2 Å². The zero-order valence-electron chi connectivity index (χ0n) is 9.76. The summed E-state index contributed by atoms with van der Waals surface area (Å²) in [6.07, 6.45) is 5.47. The Morgan fingerprint density at radius 3 is 2.76 bits per heavy atom. The van der Waals surface area contributed by atoms with Gasteiger partial charge in [0.2, 0.25) is 0 Å². The molecule has 0 amide bonds. The number of fused-ring (bicyclic) bond motifs is 2. The third-order valence-corrected chi connectivity index (χ3v) is 4.45. The molecule has 1 nitrogen and oxygen atoms in total. The van der Waals surface area contributed by atoms with E-state index in [1.54, 1.807) is 6.07 Å². The molecule has 3 atom stereocenters. The molecule has 2 aliphatic carbocycles. The second-order valence-electron chi connectivity index (χ2n) is 5.44. The number of rotatable bonds is 3. The quantitative estimate of drug-likeness (QED) is 0.865. The van der Waals surface area contributed by atoms with Gasteiger partial charge in [-0.05, 0) is 54.9 Å². The predicted molar refractivity (Wildman–Crippen MR) is 67.5 cm³/mol. The molecule has 0 aliphatic heterocycles. The highest BCUT2D eigenvalue weighted by Gasteiger charge is 2.38. The molecule has 3 rings (SSSR count). The van der Waals surface area contributed by atoms with E-state index in [0.717, 1.165) is 23.9 Å². The summed E-state index contributed by atoms with van der Waals surface area (Å²) in [6.45, 7) is 0.728. The standard InChI is InChI=1S/C14H17ClFN/c15-12-4-10(5-13(16)7-12)8-17-14-6-9-1-2-11(14)3-9/h4-5,7,9,11,14,17H,1-3,6,8H2. The first-order valence-corrected chi connectivity index (χ1v) is 6.77. The Morgan fingerprint density at radius 2 is 2.12 bits per heavy atom. The number of benzene rings is 1. The monoisotopic (exact) mass is 253 g/mol. The Morgan fingerprint density at radius 1 is 1.24 bits per heavy atom. The molecule has 1 N–H and O–H groups in total. The van der Waals surface area contributed by atoms with E-state index in [-0.39, 0.29) is 5.82 Å². The van der Waals surface area contributed by atoms with Gasteiger partial charge < -0.3 is 5.32 Å². The Bertz CT molecular complexity index is 400. The fraction of sp³-hybridized carbons (Fsp3) is 0.571. The van der Waals surface area contributed by atoms with Crippen LogP contribution in [0.4, 0.5) is 4.39 Å². The Hall–Kier alpha value is -0.600. The first-order chi connectivity index (χ1) is 8.20. The molecule has 0 spiro atoms. The number of halogens is 2. The fourth-order valence-electron chi connectivity index (χ4n) is 3.46. The molecule has 92 valence electrons. The van der Waals surface area contributed by atoms with Crippen LogP contribution in [0.5, 0.6) is 0 Å². The van der Waals surface area contributed by atoms with E-state index < -0.39 is 0 Å². The van der Waals surface area contributed by atoms with Crippen LogP contribution in [-0.4, -0.2) is 6.04 Å². The van der Waals surface area contributed by atoms with Crippen molar-refractivity contribution in [2.24, 2.45) is 11.8 Å².